The predicted octanol–water partition coefficient (Wildman–Crippen LogP) is 4.13. The van der Waals surface area contributed by atoms with E-state index >= 15 is 0 Å². The van der Waals surface area contributed by atoms with Crippen LogP contribution in [0.4, 0.5) is 4.39 Å². The van der Waals surface area contributed by atoms with Gasteiger partial charge >= 0.3 is 0 Å². The molecule has 1 nitrogen and oxygen atoms in total. The van der Waals surface area contributed by atoms with E-state index in [0.717, 1.165) is 6.42 Å². The first-order valence-corrected chi connectivity index (χ1v) is 5.76. The Hall–Kier alpha value is -0.700. The number of hydrogen-bond acceptors (Lipinski definition) is 1. The van der Waals surface area contributed by atoms with E-state index in [4.69, 9.17) is 0 Å². The Morgan fingerprint density at radius 2 is 2.13 bits per heavy atom. The number of carbonyl (C=O) groups is 1. The third-order valence-electron chi connectivity index (χ3n) is 2.56. The lowest BCUT2D eigenvalue weighted by Crippen LogP contribution is -2.13. The van der Waals surface area contributed by atoms with Gasteiger partial charge in [0.15, 0.2) is 5.78 Å². The molecule has 0 fully saturated rings. The van der Waals surface area contributed by atoms with Crippen LogP contribution in [0.3, 0.4) is 0 Å². The van der Waals surface area contributed by atoms with Gasteiger partial charge in [0.05, 0.1) is 5.56 Å². The van der Waals surface area contributed by atoms with Gasteiger partial charge in [-0.25, -0.2) is 4.39 Å². The summed E-state index contributed by atoms with van der Waals surface area (Å²) in [5.41, 5.74) is 0.916. The Morgan fingerprint density at radius 1 is 1.53 bits per heavy atom. The molecule has 0 bridgehead atoms. The van der Waals surface area contributed by atoms with Gasteiger partial charge in [0.2, 0.25) is 0 Å². The molecule has 0 aliphatic carbocycles. The fourth-order valence-electron chi connectivity index (χ4n) is 1.45. The number of benzene rings is 1. The van der Waals surface area contributed by atoms with Crippen molar-refractivity contribution in [3.63, 3.8) is 0 Å². The van der Waals surface area contributed by atoms with E-state index in [1.54, 1.807) is 13.0 Å². The highest BCUT2D eigenvalue weighted by molar-refractivity contribution is 9.10. The normalized spacial score (nSPS) is 12.6. The molecule has 0 heterocycles. The van der Waals surface area contributed by atoms with Crippen molar-refractivity contribution in [1.82, 2.24) is 0 Å². The van der Waals surface area contributed by atoms with E-state index in [0.29, 0.717) is 10.0 Å². The van der Waals surface area contributed by atoms with Crippen LogP contribution in [0.5, 0.6) is 0 Å². The van der Waals surface area contributed by atoms with Gasteiger partial charge in [0.25, 0.3) is 0 Å². The molecule has 0 saturated heterocycles. The van der Waals surface area contributed by atoms with Crippen molar-refractivity contribution in [2.45, 2.75) is 27.2 Å². The van der Waals surface area contributed by atoms with Gasteiger partial charge < -0.3 is 0 Å². The van der Waals surface area contributed by atoms with Gasteiger partial charge in [-0.15, -0.1) is 0 Å². The Kier molecular flexibility index (Phi) is 4.03. The summed E-state index contributed by atoms with van der Waals surface area (Å²) < 4.78 is 14.3. The fourth-order valence-corrected chi connectivity index (χ4v) is 1.99. The SMILES string of the molecule is CCC(C)C(=O)c1c(C)cc(Br)cc1F. The minimum absolute atomic E-state index is 0.111. The smallest absolute Gasteiger partial charge is 0.168 e. The first-order chi connectivity index (χ1) is 6.97. The van der Waals surface area contributed by atoms with Crippen molar-refractivity contribution in [2.24, 2.45) is 5.92 Å². The van der Waals surface area contributed by atoms with Crippen LogP contribution in [0, 0.1) is 18.7 Å². The predicted molar refractivity (Wildman–Crippen MR) is 62.6 cm³/mol. The molecule has 0 aromatic heterocycles. The summed E-state index contributed by atoms with van der Waals surface area (Å²) in [6, 6.07) is 3.10. The van der Waals surface area contributed by atoms with E-state index in [-0.39, 0.29) is 17.3 Å². The summed E-state index contributed by atoms with van der Waals surface area (Å²) in [6.07, 6.45) is 0.730. The summed E-state index contributed by atoms with van der Waals surface area (Å²) in [6.45, 7) is 5.50. The van der Waals surface area contributed by atoms with Gasteiger partial charge in [0, 0.05) is 10.4 Å². The quantitative estimate of drug-likeness (QED) is 0.757. The standard InChI is InChI=1S/C12H14BrFO/c1-4-7(2)12(15)11-8(3)5-9(13)6-10(11)14/h5-7H,4H2,1-3H3. The van der Waals surface area contributed by atoms with Crippen molar-refractivity contribution in [3.05, 3.63) is 33.5 Å². The Labute approximate surface area is 97.8 Å². The maximum absolute atomic E-state index is 13.6. The third kappa shape index (κ3) is 2.65. The zero-order valence-electron chi connectivity index (χ0n) is 9.10. The minimum Gasteiger partial charge on any atom is -0.294 e. The molecule has 3 heteroatoms. The lowest BCUT2D eigenvalue weighted by Gasteiger charge is -2.11. The third-order valence-corrected chi connectivity index (χ3v) is 3.02. The van der Waals surface area contributed by atoms with Gasteiger partial charge in [-0.05, 0) is 31.0 Å². The molecule has 1 aromatic rings. The van der Waals surface area contributed by atoms with Gasteiger partial charge in [-0.2, -0.15) is 0 Å². The highest BCUT2D eigenvalue weighted by Gasteiger charge is 2.19. The molecular formula is C12H14BrFO. The fraction of sp³-hybridized carbons (Fsp3) is 0.417. The molecule has 0 aliphatic heterocycles. The van der Waals surface area contributed by atoms with Gasteiger partial charge in [-0.1, -0.05) is 29.8 Å². The second kappa shape index (κ2) is 4.88. The van der Waals surface area contributed by atoms with Crippen molar-refractivity contribution >= 4 is 21.7 Å². The largest absolute Gasteiger partial charge is 0.294 e. The maximum Gasteiger partial charge on any atom is 0.168 e. The van der Waals surface area contributed by atoms with Crippen LogP contribution in [-0.2, 0) is 0 Å². The molecule has 0 saturated carbocycles. The molecule has 0 spiro atoms. The molecule has 0 N–H and O–H groups in total. The van der Waals surface area contributed by atoms with Crippen LogP contribution in [0.1, 0.15) is 36.2 Å². The summed E-state index contributed by atoms with van der Waals surface area (Å²) in [7, 11) is 0. The lowest BCUT2D eigenvalue weighted by molar-refractivity contribution is 0.0922. The molecule has 1 rings (SSSR count). The van der Waals surface area contributed by atoms with Crippen LogP contribution in [-0.4, -0.2) is 5.78 Å². The summed E-state index contributed by atoms with van der Waals surface area (Å²) in [4.78, 5) is 11.9. The monoisotopic (exact) mass is 272 g/mol. The molecule has 1 unspecified atom stereocenters. The second-order valence-corrected chi connectivity index (χ2v) is 4.67. The number of ketones is 1. The summed E-state index contributed by atoms with van der Waals surface area (Å²) in [5.74, 6) is -0.674. The van der Waals surface area contributed by atoms with Crippen molar-refractivity contribution in [2.75, 3.05) is 0 Å². The second-order valence-electron chi connectivity index (χ2n) is 3.75. The van der Waals surface area contributed by atoms with Crippen LogP contribution in [0.15, 0.2) is 16.6 Å². The van der Waals surface area contributed by atoms with Gasteiger partial charge in [0.1, 0.15) is 5.82 Å². The Balaban J connectivity index is 3.20. The summed E-state index contributed by atoms with van der Waals surface area (Å²) >= 11 is 3.20. The van der Waals surface area contributed by atoms with Crippen molar-refractivity contribution in [1.29, 1.82) is 0 Å². The van der Waals surface area contributed by atoms with Crippen LogP contribution in [0.2, 0.25) is 0 Å². The molecule has 1 atom stereocenters. The van der Waals surface area contributed by atoms with Crippen LogP contribution in [0.25, 0.3) is 0 Å². The van der Waals surface area contributed by atoms with Crippen molar-refractivity contribution in [3.8, 4) is 0 Å². The highest BCUT2D eigenvalue weighted by atomic mass is 79.9. The number of rotatable bonds is 3. The zero-order valence-corrected chi connectivity index (χ0v) is 10.7. The average Bonchev–Trinajstić information content (AvgIpc) is 2.14. The van der Waals surface area contributed by atoms with E-state index in [1.165, 1.54) is 6.07 Å². The molecule has 82 valence electrons. The van der Waals surface area contributed by atoms with Crippen molar-refractivity contribution < 1.29 is 9.18 Å². The summed E-state index contributed by atoms with van der Waals surface area (Å²) in [5, 5.41) is 0. The molecule has 0 aliphatic rings. The number of hydrogen-bond donors (Lipinski definition) is 0. The maximum atomic E-state index is 13.6. The minimum atomic E-state index is -0.438. The number of halogens is 2. The molecular weight excluding hydrogens is 259 g/mol. The van der Waals surface area contributed by atoms with E-state index in [9.17, 15) is 9.18 Å². The first kappa shape index (κ1) is 12.4. The van der Waals surface area contributed by atoms with Crippen LogP contribution >= 0.6 is 15.9 Å². The zero-order chi connectivity index (χ0) is 11.6. The van der Waals surface area contributed by atoms with Gasteiger partial charge in [-0.3, -0.25) is 4.79 Å². The topological polar surface area (TPSA) is 17.1 Å². The number of aryl methyl sites for hydroxylation is 1. The van der Waals surface area contributed by atoms with E-state index in [1.807, 2.05) is 13.8 Å². The lowest BCUT2D eigenvalue weighted by atomic mass is 9.94. The molecule has 1 aromatic carbocycles. The average molecular weight is 273 g/mol. The number of carbonyl (C=O) groups excluding carboxylic acids is 1. The van der Waals surface area contributed by atoms with Crippen LogP contribution < -0.4 is 0 Å². The highest BCUT2D eigenvalue weighted by Crippen LogP contribution is 2.23. The first-order valence-electron chi connectivity index (χ1n) is 4.97. The van der Waals surface area contributed by atoms with E-state index < -0.39 is 5.82 Å². The van der Waals surface area contributed by atoms with E-state index in [2.05, 4.69) is 15.9 Å². The Bertz CT molecular complexity index is 364. The molecule has 15 heavy (non-hydrogen) atoms. The number of Topliss-reactive ketones (excluding diaryl/α,β-unsaturated/α-hetero) is 1. The molecule has 0 amide bonds. The molecule has 0 radical (unpaired) electrons. The Morgan fingerprint density at radius 3 is 2.60 bits per heavy atom.